The average Bonchev–Trinajstić information content (AvgIpc) is 3.10. The van der Waals surface area contributed by atoms with Crippen molar-refractivity contribution < 1.29 is 40.2 Å². The number of nitrogens with zero attached hydrogens (tertiary/aromatic N) is 4. The molecule has 15 heteroatoms. The zero-order valence-electron chi connectivity index (χ0n) is 21.6. The SMILES string of the molecule is O=C(NCc1cc2nc(N3CCOc4cc(C(F)F)cnc43)ccc2cn1)c1cc(F)c2c(c1)S(=O)(=O)[C@@H](F)CCO2. The quantitative estimate of drug-likeness (QED) is 0.331. The van der Waals surface area contributed by atoms with Gasteiger partial charge in [0.05, 0.1) is 30.9 Å². The lowest BCUT2D eigenvalue weighted by atomic mass is 10.2. The molecular weight excluding hydrogens is 582 g/mol. The number of carbonyl (C=O) groups is 1. The number of rotatable bonds is 5. The first-order valence-corrected chi connectivity index (χ1v) is 14.2. The monoisotopic (exact) mass is 603 g/mol. The molecule has 0 bridgehead atoms. The van der Waals surface area contributed by atoms with Crippen molar-refractivity contribution in [3.63, 3.8) is 0 Å². The van der Waals surface area contributed by atoms with Crippen molar-refractivity contribution >= 4 is 38.3 Å². The first-order chi connectivity index (χ1) is 20.1. The highest BCUT2D eigenvalue weighted by Crippen LogP contribution is 2.37. The van der Waals surface area contributed by atoms with Crippen molar-refractivity contribution in [2.75, 3.05) is 24.7 Å². The van der Waals surface area contributed by atoms with Crippen molar-refractivity contribution in [3.05, 3.63) is 71.4 Å². The van der Waals surface area contributed by atoms with Crippen molar-refractivity contribution in [3.8, 4) is 11.5 Å². The van der Waals surface area contributed by atoms with Crippen molar-refractivity contribution in [2.24, 2.45) is 0 Å². The number of pyridine rings is 3. The molecule has 0 saturated carbocycles. The van der Waals surface area contributed by atoms with Gasteiger partial charge in [0.25, 0.3) is 12.3 Å². The Bertz CT molecular complexity index is 1820. The molecule has 0 radical (unpaired) electrons. The van der Waals surface area contributed by atoms with E-state index in [2.05, 4.69) is 20.3 Å². The van der Waals surface area contributed by atoms with E-state index in [1.54, 1.807) is 29.3 Å². The minimum atomic E-state index is -4.55. The summed E-state index contributed by atoms with van der Waals surface area (Å²) in [4.78, 5) is 26.9. The van der Waals surface area contributed by atoms with Crippen LogP contribution in [0, 0.1) is 5.82 Å². The summed E-state index contributed by atoms with van der Waals surface area (Å²) in [5.74, 6) is -1.47. The maximum absolute atomic E-state index is 14.7. The van der Waals surface area contributed by atoms with Crippen molar-refractivity contribution in [1.29, 1.82) is 0 Å². The maximum atomic E-state index is 14.7. The average molecular weight is 604 g/mol. The molecule has 0 saturated heterocycles. The van der Waals surface area contributed by atoms with Crippen LogP contribution in [-0.4, -0.2) is 54.5 Å². The molecule has 1 aromatic carbocycles. The Morgan fingerprint density at radius 3 is 2.74 bits per heavy atom. The summed E-state index contributed by atoms with van der Waals surface area (Å²) in [5, 5.41) is 3.23. The molecule has 4 aromatic rings. The topological polar surface area (TPSA) is 124 Å². The molecule has 2 aliphatic heterocycles. The lowest BCUT2D eigenvalue weighted by Gasteiger charge is -2.29. The van der Waals surface area contributed by atoms with Gasteiger partial charge in [0, 0.05) is 35.3 Å². The standard InChI is InChI=1S/C27H21F4N5O5S/c28-18-7-15(9-21-24(18)41-5-3-22(29)42(21,38)39)27(37)34-13-17-10-19-14(11-32-17)1-2-23(35-19)36-4-6-40-20-8-16(25(30)31)12-33-26(20)36/h1-2,7-12,22,25H,3-6,13H2,(H,34,37)/t22-/m1/s1. The highest BCUT2D eigenvalue weighted by molar-refractivity contribution is 7.92. The molecule has 0 fully saturated rings. The van der Waals surface area contributed by atoms with E-state index in [1.165, 1.54) is 6.07 Å². The molecule has 0 spiro atoms. The summed E-state index contributed by atoms with van der Waals surface area (Å²) in [6.07, 6.45) is -0.519. The van der Waals surface area contributed by atoms with Crippen LogP contribution in [0.1, 0.15) is 34.5 Å². The molecular formula is C27H21F4N5O5S. The van der Waals surface area contributed by atoms with Crippen LogP contribution in [-0.2, 0) is 16.4 Å². The second-order valence-electron chi connectivity index (χ2n) is 9.49. The minimum Gasteiger partial charge on any atom is -0.489 e. The van der Waals surface area contributed by atoms with Crippen LogP contribution >= 0.6 is 0 Å². The Balaban J connectivity index is 1.23. The van der Waals surface area contributed by atoms with Gasteiger partial charge >= 0.3 is 0 Å². The third kappa shape index (κ3) is 5.04. The zero-order chi connectivity index (χ0) is 29.6. The molecule has 1 N–H and O–H groups in total. The third-order valence-electron chi connectivity index (χ3n) is 6.76. The summed E-state index contributed by atoms with van der Waals surface area (Å²) in [6.45, 7) is 0.166. The van der Waals surface area contributed by atoms with Crippen molar-refractivity contribution in [2.45, 2.75) is 29.8 Å². The summed E-state index contributed by atoms with van der Waals surface area (Å²) in [7, 11) is -4.55. The first kappa shape index (κ1) is 27.6. The lowest BCUT2D eigenvalue weighted by Crippen LogP contribution is -2.30. The van der Waals surface area contributed by atoms with Gasteiger partial charge in [-0.25, -0.2) is 35.9 Å². The zero-order valence-corrected chi connectivity index (χ0v) is 22.4. The van der Waals surface area contributed by atoms with E-state index in [1.807, 2.05) is 0 Å². The van der Waals surface area contributed by atoms with Gasteiger partial charge in [-0.15, -0.1) is 0 Å². The molecule has 1 amide bonds. The molecule has 3 aromatic heterocycles. The Hall–Kier alpha value is -4.53. The minimum absolute atomic E-state index is 0.118. The van der Waals surface area contributed by atoms with E-state index < -0.39 is 50.6 Å². The van der Waals surface area contributed by atoms with E-state index in [-0.39, 0.29) is 36.6 Å². The number of hydrogen-bond donors (Lipinski definition) is 1. The normalized spacial score (nSPS) is 17.5. The number of aromatic nitrogens is 3. The van der Waals surface area contributed by atoms with Gasteiger partial charge in [0.2, 0.25) is 15.3 Å². The van der Waals surface area contributed by atoms with Crippen LogP contribution in [0.3, 0.4) is 0 Å². The number of sulfone groups is 1. The number of alkyl halides is 3. The Morgan fingerprint density at radius 2 is 1.93 bits per heavy atom. The lowest BCUT2D eigenvalue weighted by molar-refractivity contribution is 0.0949. The number of hydrogen-bond acceptors (Lipinski definition) is 9. The van der Waals surface area contributed by atoms with Gasteiger partial charge < -0.3 is 19.7 Å². The second-order valence-corrected chi connectivity index (χ2v) is 11.5. The van der Waals surface area contributed by atoms with Gasteiger partial charge in [-0.05, 0) is 36.4 Å². The van der Waals surface area contributed by atoms with E-state index in [0.717, 1.165) is 18.3 Å². The summed E-state index contributed by atoms with van der Waals surface area (Å²) >= 11 is 0. The number of carbonyl (C=O) groups excluding carboxylic acids is 1. The number of anilines is 2. The smallest absolute Gasteiger partial charge is 0.265 e. The fraction of sp³-hybridized carbons (Fsp3) is 0.259. The van der Waals surface area contributed by atoms with E-state index >= 15 is 0 Å². The molecule has 0 unspecified atom stereocenters. The highest BCUT2D eigenvalue weighted by atomic mass is 32.2. The van der Waals surface area contributed by atoms with Crippen LogP contribution in [0.25, 0.3) is 10.9 Å². The highest BCUT2D eigenvalue weighted by Gasteiger charge is 2.35. The molecule has 42 heavy (non-hydrogen) atoms. The van der Waals surface area contributed by atoms with Gasteiger partial charge in [0.1, 0.15) is 17.3 Å². The van der Waals surface area contributed by atoms with Crippen molar-refractivity contribution in [1.82, 2.24) is 20.3 Å². The summed E-state index contributed by atoms with van der Waals surface area (Å²) in [5.41, 5.74) is -1.97. The second kappa shape index (κ2) is 10.7. The van der Waals surface area contributed by atoms with Crippen LogP contribution < -0.4 is 19.7 Å². The Kier molecular flexibility index (Phi) is 7.04. The molecule has 1 atom stereocenters. The number of fused-ring (bicyclic) bond motifs is 3. The van der Waals surface area contributed by atoms with Crippen LogP contribution in [0.15, 0.2) is 53.7 Å². The summed E-state index contributed by atoms with van der Waals surface area (Å²) in [6, 6.07) is 8.09. The number of ether oxygens (including phenoxy) is 2. The number of benzene rings is 1. The fourth-order valence-electron chi connectivity index (χ4n) is 4.62. The predicted molar refractivity (Wildman–Crippen MR) is 141 cm³/mol. The number of halogens is 4. The van der Waals surface area contributed by atoms with E-state index in [9.17, 15) is 30.8 Å². The molecule has 5 heterocycles. The Morgan fingerprint density at radius 1 is 1.10 bits per heavy atom. The van der Waals surface area contributed by atoms with E-state index in [0.29, 0.717) is 34.8 Å². The predicted octanol–water partition coefficient (Wildman–Crippen LogP) is 4.41. The molecule has 218 valence electrons. The Labute approximate surface area is 236 Å². The van der Waals surface area contributed by atoms with Gasteiger partial charge in [0.15, 0.2) is 23.1 Å². The van der Waals surface area contributed by atoms with Gasteiger partial charge in [-0.3, -0.25) is 9.78 Å². The van der Waals surface area contributed by atoms with Crippen LogP contribution in [0.2, 0.25) is 0 Å². The fourth-order valence-corrected chi connectivity index (χ4v) is 6.01. The van der Waals surface area contributed by atoms with Crippen LogP contribution in [0.5, 0.6) is 11.5 Å². The molecule has 0 aliphatic carbocycles. The summed E-state index contributed by atoms with van der Waals surface area (Å²) < 4.78 is 90.7. The molecule has 6 rings (SSSR count). The number of amides is 1. The maximum Gasteiger partial charge on any atom is 0.265 e. The largest absolute Gasteiger partial charge is 0.489 e. The van der Waals surface area contributed by atoms with Gasteiger partial charge in [-0.1, -0.05) is 0 Å². The van der Waals surface area contributed by atoms with Crippen LogP contribution in [0.4, 0.5) is 29.2 Å². The van der Waals surface area contributed by atoms with E-state index in [4.69, 9.17) is 9.47 Å². The number of nitrogens with one attached hydrogen (secondary N) is 1. The molecule has 10 nitrogen and oxygen atoms in total. The third-order valence-corrected chi connectivity index (χ3v) is 8.59. The first-order valence-electron chi connectivity index (χ1n) is 12.7. The van der Waals surface area contributed by atoms with Gasteiger partial charge in [-0.2, -0.15) is 0 Å². The molecule has 2 aliphatic rings.